The molecule has 0 nitrogen and oxygen atoms in total. The molecule has 7 aromatic rings. The van der Waals surface area contributed by atoms with Crippen molar-refractivity contribution in [3.05, 3.63) is 166 Å². The van der Waals surface area contributed by atoms with Gasteiger partial charge in [-0.15, -0.1) is 69.1 Å². The van der Waals surface area contributed by atoms with Gasteiger partial charge in [-0.1, -0.05) is 140 Å². The van der Waals surface area contributed by atoms with Gasteiger partial charge < -0.3 is 14.9 Å². The van der Waals surface area contributed by atoms with Crippen LogP contribution in [0.2, 0.25) is 6.55 Å². The predicted molar refractivity (Wildman–Crippen MR) is 198 cm³/mol. The summed E-state index contributed by atoms with van der Waals surface area (Å²) in [5.41, 5.74) is 8.23. The topological polar surface area (TPSA) is 0 Å². The molecule has 0 amide bonds. The average Bonchev–Trinajstić information content (AvgIpc) is 3.65. The quantitative estimate of drug-likeness (QED) is 0.116. The maximum atomic E-state index is 2.63. The van der Waals surface area contributed by atoms with Crippen molar-refractivity contribution in [2.45, 2.75) is 33.2 Å². The van der Waals surface area contributed by atoms with Gasteiger partial charge in [-0.3, -0.25) is 0 Å². The molecular weight excluding hydrogens is 636 g/mol. The molecule has 0 fully saturated rings. The Balaban J connectivity index is 0.00000154. The third-order valence-corrected chi connectivity index (χ3v) is 13.9. The van der Waals surface area contributed by atoms with Crippen LogP contribution in [0.15, 0.2) is 140 Å². The molecule has 0 heterocycles. The molecular formula is C43H42SiZr. The summed E-state index contributed by atoms with van der Waals surface area (Å²) in [6.07, 6.45) is 2.03. The van der Waals surface area contributed by atoms with Crippen molar-refractivity contribution < 1.29 is 26.2 Å². The van der Waals surface area contributed by atoms with Crippen LogP contribution in [-0.2, 0) is 39.0 Å². The Morgan fingerprint density at radius 1 is 0.489 bits per heavy atom. The van der Waals surface area contributed by atoms with Gasteiger partial charge in [0.05, 0.1) is 0 Å². The summed E-state index contributed by atoms with van der Waals surface area (Å²) in [5.74, 6) is 0. The zero-order valence-electron chi connectivity index (χ0n) is 27.2. The van der Waals surface area contributed by atoms with Gasteiger partial charge in [0.15, 0.2) is 0 Å². The van der Waals surface area contributed by atoms with Crippen molar-refractivity contribution >= 4 is 45.2 Å². The Hall–Kier alpha value is -3.58. The first-order chi connectivity index (χ1) is 20.6. The molecule has 0 N–H and O–H groups in total. The van der Waals surface area contributed by atoms with E-state index in [1.807, 2.05) is 0 Å². The Kier molecular flexibility index (Phi) is 10.9. The molecule has 0 aliphatic carbocycles. The van der Waals surface area contributed by atoms with E-state index in [9.17, 15) is 0 Å². The standard InChI is InChI=1S/C41H36Si.2CH3.Zr/c1-4-29-27-33-21-15-25-36(31-17-9-6-10-18-31)38(33)40(29)42(3,35-23-13-8-14-24-35)41-30(5-2)28-34-22-16-26-37(39(34)41)32-19-11-7-12-20-32;;;/h6-28H,4-5H2,1-3H3;2*1H3;/q-2;2*-1;+4. The van der Waals surface area contributed by atoms with Crippen molar-refractivity contribution in [3.63, 3.8) is 0 Å². The fourth-order valence-electron chi connectivity index (χ4n) is 7.38. The second-order valence-electron chi connectivity index (χ2n) is 11.6. The monoisotopic (exact) mass is 676 g/mol. The van der Waals surface area contributed by atoms with Gasteiger partial charge in [-0.25, -0.2) is 0 Å². The van der Waals surface area contributed by atoms with Crippen LogP contribution in [0.3, 0.4) is 0 Å². The average molecular weight is 678 g/mol. The SMILES string of the molecule is CCc1[cH-]c2cccc(-c3ccccc3)c2c1[Si](C)(c1ccccc1)c1c(CC)[cH-]c2cccc(-c3ccccc3)c12.[CH3-].[CH3-].[Zr+4]. The second-order valence-corrected chi connectivity index (χ2v) is 15.4. The van der Waals surface area contributed by atoms with Gasteiger partial charge in [0.2, 0.25) is 0 Å². The van der Waals surface area contributed by atoms with E-state index in [0.29, 0.717) is 0 Å². The molecule has 222 valence electrons. The molecule has 45 heavy (non-hydrogen) atoms. The van der Waals surface area contributed by atoms with Gasteiger partial charge >= 0.3 is 26.2 Å². The van der Waals surface area contributed by atoms with Crippen LogP contribution >= 0.6 is 0 Å². The number of hydrogen-bond acceptors (Lipinski definition) is 0. The van der Waals surface area contributed by atoms with E-state index >= 15 is 0 Å². The summed E-state index contributed by atoms with van der Waals surface area (Å²) in [6.45, 7) is 7.30. The molecule has 0 aromatic heterocycles. The number of rotatable bonds is 7. The molecule has 0 unspecified atom stereocenters. The molecule has 0 radical (unpaired) electrons. The maximum absolute atomic E-state index is 2.63. The maximum Gasteiger partial charge on any atom is 4.00 e. The smallest absolute Gasteiger partial charge is 0.358 e. The van der Waals surface area contributed by atoms with E-state index in [1.165, 1.54) is 60.1 Å². The molecule has 7 rings (SSSR count). The van der Waals surface area contributed by atoms with E-state index in [2.05, 4.69) is 160 Å². The van der Waals surface area contributed by atoms with Crippen molar-refractivity contribution in [2.24, 2.45) is 0 Å². The van der Waals surface area contributed by atoms with E-state index in [4.69, 9.17) is 0 Å². The first-order valence-corrected chi connectivity index (χ1v) is 17.7. The molecule has 2 heteroatoms. The molecule has 0 aliphatic heterocycles. The van der Waals surface area contributed by atoms with E-state index in [-0.39, 0.29) is 41.1 Å². The van der Waals surface area contributed by atoms with Gasteiger partial charge in [-0.2, -0.15) is 10.4 Å². The zero-order valence-corrected chi connectivity index (χ0v) is 30.7. The summed E-state index contributed by atoms with van der Waals surface area (Å²) >= 11 is 0. The van der Waals surface area contributed by atoms with Crippen LogP contribution in [0, 0.1) is 14.9 Å². The summed E-state index contributed by atoms with van der Waals surface area (Å²) in [4.78, 5) is 0. The number of benzene rings is 5. The predicted octanol–water partition coefficient (Wildman–Crippen LogP) is 9.89. The van der Waals surface area contributed by atoms with Crippen molar-refractivity contribution in [2.75, 3.05) is 0 Å². The molecule has 0 saturated heterocycles. The first kappa shape index (κ1) is 34.3. The second kappa shape index (κ2) is 14.2. The van der Waals surface area contributed by atoms with E-state index in [1.54, 1.807) is 10.4 Å². The first-order valence-electron chi connectivity index (χ1n) is 15.2. The Morgan fingerprint density at radius 2 is 0.867 bits per heavy atom. The Morgan fingerprint density at radius 3 is 1.24 bits per heavy atom. The molecule has 7 aromatic carbocycles. The van der Waals surface area contributed by atoms with Gasteiger partial charge in [0.25, 0.3) is 0 Å². The molecule has 0 atom stereocenters. The van der Waals surface area contributed by atoms with Gasteiger partial charge in [-0.05, 0) is 24.0 Å². The minimum absolute atomic E-state index is 0. The molecule has 0 spiro atoms. The van der Waals surface area contributed by atoms with Crippen LogP contribution in [0.5, 0.6) is 0 Å². The van der Waals surface area contributed by atoms with Crippen LogP contribution in [-0.4, -0.2) is 8.07 Å². The van der Waals surface area contributed by atoms with E-state index in [0.717, 1.165) is 12.8 Å². The summed E-state index contributed by atoms with van der Waals surface area (Å²) < 4.78 is 0. The van der Waals surface area contributed by atoms with Crippen LogP contribution in [0.4, 0.5) is 0 Å². The number of fused-ring (bicyclic) bond motifs is 2. The van der Waals surface area contributed by atoms with Crippen LogP contribution in [0.25, 0.3) is 43.8 Å². The normalized spacial score (nSPS) is 11.1. The van der Waals surface area contributed by atoms with Gasteiger partial charge in [0, 0.05) is 8.07 Å². The minimum Gasteiger partial charge on any atom is -0.358 e. The summed E-state index contributed by atoms with van der Waals surface area (Å²) in [7, 11) is -2.56. The fraction of sp³-hybridized carbons (Fsp3) is 0.116. The van der Waals surface area contributed by atoms with Gasteiger partial charge in [0.1, 0.15) is 0 Å². The third-order valence-electron chi connectivity index (χ3n) is 9.28. The fourth-order valence-corrected chi connectivity index (χ4v) is 12.4. The number of aryl methyl sites for hydroxylation is 2. The molecule has 0 bridgehead atoms. The van der Waals surface area contributed by atoms with Crippen LogP contribution in [0.1, 0.15) is 25.0 Å². The van der Waals surface area contributed by atoms with Crippen molar-refractivity contribution in [1.29, 1.82) is 0 Å². The third kappa shape index (κ3) is 5.69. The Bertz CT molecular complexity index is 1870. The summed E-state index contributed by atoms with van der Waals surface area (Å²) in [5, 5.41) is 10.2. The molecule has 0 saturated carbocycles. The Labute approximate surface area is 290 Å². The van der Waals surface area contributed by atoms with Crippen molar-refractivity contribution in [3.8, 4) is 22.3 Å². The largest absolute Gasteiger partial charge is 4.00 e. The van der Waals surface area contributed by atoms with Crippen molar-refractivity contribution in [1.82, 2.24) is 0 Å². The van der Waals surface area contributed by atoms with E-state index < -0.39 is 8.07 Å². The van der Waals surface area contributed by atoms with Crippen LogP contribution < -0.4 is 15.6 Å². The minimum atomic E-state index is -2.56. The number of hydrogen-bond donors (Lipinski definition) is 0. The zero-order chi connectivity index (χ0) is 28.7. The summed E-state index contributed by atoms with van der Waals surface area (Å²) in [6, 6.07) is 52.1. The molecule has 0 aliphatic rings.